The zero-order valence-electron chi connectivity index (χ0n) is 20.3. The Morgan fingerprint density at radius 3 is 2.54 bits per heavy atom. The normalized spacial score (nSPS) is 17.7. The largest absolute Gasteiger partial charge is 0.492 e. The van der Waals surface area contributed by atoms with E-state index in [1.54, 1.807) is 22.8 Å². The van der Waals surface area contributed by atoms with E-state index in [2.05, 4.69) is 5.32 Å². The molecule has 1 aromatic heterocycles. The molecule has 2 heterocycles. The lowest BCUT2D eigenvalue weighted by atomic mass is 10.1. The molecule has 8 nitrogen and oxygen atoms in total. The van der Waals surface area contributed by atoms with Crippen molar-refractivity contribution in [3.63, 3.8) is 0 Å². The minimum absolute atomic E-state index is 0.0195. The fraction of sp³-hybridized carbons (Fsp3) is 0.346. The first-order valence-electron chi connectivity index (χ1n) is 12.0. The molecule has 37 heavy (non-hydrogen) atoms. The number of hydrogen-bond acceptors (Lipinski definition) is 5. The minimum atomic E-state index is -1.35. The Hall–Kier alpha value is -3.73. The molecular weight excluding hydrogens is 502 g/mol. The summed E-state index contributed by atoms with van der Waals surface area (Å²) >= 11 is 5.53. The van der Waals surface area contributed by atoms with E-state index in [-0.39, 0.29) is 34.6 Å². The second-order valence-electron chi connectivity index (χ2n) is 9.35. The van der Waals surface area contributed by atoms with Crippen molar-refractivity contribution in [3.05, 3.63) is 63.9 Å². The van der Waals surface area contributed by atoms with Crippen molar-refractivity contribution >= 4 is 45.6 Å². The summed E-state index contributed by atoms with van der Waals surface area (Å²) in [5, 5.41) is 12.8. The van der Waals surface area contributed by atoms with E-state index in [0.29, 0.717) is 30.3 Å². The monoisotopic (exact) mass is 528 g/mol. The molecule has 0 amide bonds. The lowest BCUT2D eigenvalue weighted by Crippen LogP contribution is -2.55. The van der Waals surface area contributed by atoms with Crippen LogP contribution in [0.15, 0.2) is 41.3 Å². The Balaban J connectivity index is 1.49. The van der Waals surface area contributed by atoms with Gasteiger partial charge in [-0.2, -0.15) is 0 Å². The van der Waals surface area contributed by atoms with Gasteiger partial charge in [0.25, 0.3) is 0 Å². The van der Waals surface area contributed by atoms with Crippen molar-refractivity contribution < 1.29 is 23.4 Å². The first kappa shape index (κ1) is 24.9. The van der Waals surface area contributed by atoms with E-state index < -0.39 is 28.6 Å². The zero-order valence-corrected chi connectivity index (χ0v) is 21.1. The van der Waals surface area contributed by atoms with E-state index in [1.165, 1.54) is 19.4 Å². The molecule has 1 atom stereocenters. The van der Waals surface area contributed by atoms with Crippen LogP contribution in [0, 0.1) is 11.6 Å². The molecule has 1 saturated carbocycles. The van der Waals surface area contributed by atoms with E-state index >= 15 is 4.39 Å². The fourth-order valence-electron chi connectivity index (χ4n) is 4.94. The number of piperazine rings is 1. The number of carboxylic acids is 1. The molecule has 11 heteroatoms. The highest BCUT2D eigenvalue weighted by molar-refractivity contribution is 7.80. The summed E-state index contributed by atoms with van der Waals surface area (Å²) in [6.45, 7) is 3.16. The van der Waals surface area contributed by atoms with Crippen LogP contribution in [0.4, 0.5) is 20.2 Å². The highest BCUT2D eigenvalue weighted by Gasteiger charge is 2.33. The molecule has 0 spiro atoms. The predicted molar refractivity (Wildman–Crippen MR) is 141 cm³/mol. The van der Waals surface area contributed by atoms with Crippen molar-refractivity contribution in [2.75, 3.05) is 37.0 Å². The number of pyridine rings is 1. The van der Waals surface area contributed by atoms with Gasteiger partial charge in [0.2, 0.25) is 5.43 Å². The number of carbonyl (C=O) groups is 1. The molecule has 0 bridgehead atoms. The summed E-state index contributed by atoms with van der Waals surface area (Å²) in [5.41, 5.74) is -0.254. The number of methoxy groups -OCH3 is 1. The molecule has 2 aromatic carbocycles. The fourth-order valence-corrected chi connectivity index (χ4v) is 5.32. The third kappa shape index (κ3) is 4.48. The van der Waals surface area contributed by atoms with Crippen molar-refractivity contribution in [2.45, 2.75) is 31.8 Å². The van der Waals surface area contributed by atoms with Crippen LogP contribution in [0.25, 0.3) is 10.9 Å². The van der Waals surface area contributed by atoms with Crippen LogP contribution in [-0.4, -0.2) is 58.4 Å². The minimum Gasteiger partial charge on any atom is -0.492 e. The van der Waals surface area contributed by atoms with Gasteiger partial charge in [-0.25, -0.2) is 13.6 Å². The maximum atomic E-state index is 15.6. The van der Waals surface area contributed by atoms with Gasteiger partial charge in [0.15, 0.2) is 16.7 Å². The Labute approximate surface area is 217 Å². The number of halogens is 2. The van der Waals surface area contributed by atoms with Gasteiger partial charge in [-0.05, 0) is 50.2 Å². The number of para-hydroxylation sites is 1. The summed E-state index contributed by atoms with van der Waals surface area (Å²) in [7, 11) is 1.41. The van der Waals surface area contributed by atoms with Gasteiger partial charge in [-0.1, -0.05) is 12.1 Å². The number of ether oxygens (including phenoxy) is 1. The average Bonchev–Trinajstić information content (AvgIpc) is 3.70. The number of nitrogens with zero attached hydrogens (tertiary/aromatic N) is 3. The summed E-state index contributed by atoms with van der Waals surface area (Å²) in [6.07, 6.45) is 2.99. The third-order valence-corrected chi connectivity index (χ3v) is 7.23. The van der Waals surface area contributed by atoms with Crippen LogP contribution in [0.5, 0.6) is 5.75 Å². The van der Waals surface area contributed by atoms with E-state index in [9.17, 15) is 19.1 Å². The maximum absolute atomic E-state index is 15.6. The first-order chi connectivity index (χ1) is 17.7. The molecule has 194 valence electrons. The summed E-state index contributed by atoms with van der Waals surface area (Å²) in [4.78, 5) is 28.4. The number of carboxylic acid groups (broad SMARTS) is 1. The van der Waals surface area contributed by atoms with Crippen LogP contribution in [0.1, 0.15) is 36.2 Å². The Morgan fingerprint density at radius 2 is 1.92 bits per heavy atom. The Bertz CT molecular complexity index is 1470. The average molecular weight is 529 g/mol. The second kappa shape index (κ2) is 9.62. The van der Waals surface area contributed by atoms with Crippen LogP contribution >= 0.6 is 12.2 Å². The molecule has 0 radical (unpaired) electrons. The van der Waals surface area contributed by atoms with E-state index in [4.69, 9.17) is 17.0 Å². The van der Waals surface area contributed by atoms with Gasteiger partial charge in [0.1, 0.15) is 17.1 Å². The quantitative estimate of drug-likeness (QED) is 0.476. The molecule has 2 aliphatic rings. The van der Waals surface area contributed by atoms with Crippen molar-refractivity contribution in [1.82, 2.24) is 9.47 Å². The first-order valence-corrected chi connectivity index (χ1v) is 12.4. The molecule has 2 fully saturated rings. The number of aromatic carboxylic acids is 1. The van der Waals surface area contributed by atoms with Crippen molar-refractivity contribution in [3.8, 4) is 5.75 Å². The molecule has 2 N–H and O–H groups in total. The second-order valence-corrected chi connectivity index (χ2v) is 9.74. The van der Waals surface area contributed by atoms with Crippen LogP contribution in [0.2, 0.25) is 0 Å². The molecule has 5 rings (SSSR count). The smallest absolute Gasteiger partial charge is 0.341 e. The van der Waals surface area contributed by atoms with Crippen LogP contribution in [-0.2, 0) is 0 Å². The summed E-state index contributed by atoms with van der Waals surface area (Å²) in [6, 6.07) is 7.25. The number of rotatable bonds is 5. The van der Waals surface area contributed by atoms with Gasteiger partial charge in [-0.3, -0.25) is 4.79 Å². The van der Waals surface area contributed by atoms with Gasteiger partial charge in [0.05, 0.1) is 23.7 Å². The van der Waals surface area contributed by atoms with Gasteiger partial charge < -0.3 is 29.5 Å². The number of aromatic nitrogens is 1. The van der Waals surface area contributed by atoms with Crippen molar-refractivity contribution in [2.24, 2.45) is 0 Å². The van der Waals surface area contributed by atoms with Gasteiger partial charge in [0, 0.05) is 37.9 Å². The Morgan fingerprint density at radius 1 is 1.19 bits per heavy atom. The Kier molecular flexibility index (Phi) is 6.49. The number of nitrogens with one attached hydrogen (secondary N) is 1. The topological polar surface area (TPSA) is 87.0 Å². The highest BCUT2D eigenvalue weighted by atomic mass is 32.1. The maximum Gasteiger partial charge on any atom is 0.341 e. The SMILES string of the molecule is COc1c(N2CCN(C(=S)Nc3ccccc3F)[C@@H](C)C2)c(F)cc2c(=O)c(C(=O)O)cn(C3CC3)c12. The number of fused-ring (bicyclic) bond motifs is 1. The van der Waals surface area contributed by atoms with Gasteiger partial charge >= 0.3 is 5.97 Å². The van der Waals surface area contributed by atoms with E-state index in [0.717, 1.165) is 18.9 Å². The molecule has 1 aliphatic carbocycles. The number of hydrogen-bond donors (Lipinski definition) is 2. The molecule has 1 saturated heterocycles. The predicted octanol–water partition coefficient (Wildman–Crippen LogP) is 4.23. The van der Waals surface area contributed by atoms with Gasteiger partial charge in [-0.15, -0.1) is 0 Å². The van der Waals surface area contributed by atoms with Crippen LogP contribution in [0.3, 0.4) is 0 Å². The third-order valence-electron chi connectivity index (χ3n) is 6.89. The lowest BCUT2D eigenvalue weighted by Gasteiger charge is -2.42. The molecule has 0 unspecified atom stereocenters. The standard InChI is InChI=1S/C26H26F2N4O4S/c1-14-12-30(9-10-31(14)26(37)29-20-6-4-3-5-18(20)27)22-19(28)11-16-21(24(22)36-2)32(15-7-8-15)13-17(23(16)33)25(34)35/h3-6,11,13-15H,7-10,12H2,1-2H3,(H,29,37)(H,34,35)/t14-/m0/s1. The summed E-state index contributed by atoms with van der Waals surface area (Å²) in [5.74, 6) is -2.23. The van der Waals surface area contributed by atoms with Crippen LogP contribution < -0.4 is 20.4 Å². The molecule has 3 aromatic rings. The van der Waals surface area contributed by atoms with Crippen molar-refractivity contribution in [1.29, 1.82) is 0 Å². The number of benzene rings is 2. The lowest BCUT2D eigenvalue weighted by molar-refractivity contribution is 0.0694. The highest BCUT2D eigenvalue weighted by Crippen LogP contribution is 2.44. The molecule has 1 aliphatic heterocycles. The van der Waals surface area contributed by atoms with E-state index in [1.807, 2.05) is 16.7 Å². The number of anilines is 2. The number of thiocarbonyl (C=S) groups is 1. The summed E-state index contributed by atoms with van der Waals surface area (Å²) < 4.78 is 37.1. The molecular formula is C26H26F2N4O4S. The zero-order chi connectivity index (χ0) is 26.4.